The molecule has 1 aliphatic heterocycles. The highest BCUT2D eigenvalue weighted by atomic mass is 127. The number of hydrazone groups is 1. The van der Waals surface area contributed by atoms with Gasteiger partial charge >= 0.3 is 0 Å². The zero-order valence-electron chi connectivity index (χ0n) is 16.9. The molecule has 0 radical (unpaired) electrons. The molecule has 1 amide bonds. The van der Waals surface area contributed by atoms with Gasteiger partial charge in [-0.05, 0) is 103 Å². The summed E-state index contributed by atoms with van der Waals surface area (Å²) in [6.45, 7) is 8.86. The number of fused-ring (bicyclic) bond motifs is 1. The highest BCUT2D eigenvalue weighted by Crippen LogP contribution is 2.43. The summed E-state index contributed by atoms with van der Waals surface area (Å²) >= 11 is 2.01. The van der Waals surface area contributed by atoms with Crippen molar-refractivity contribution in [2.45, 2.75) is 45.6 Å². The van der Waals surface area contributed by atoms with Gasteiger partial charge in [-0.2, -0.15) is 5.10 Å². The molecule has 0 aromatic heterocycles. The number of anilines is 1. The second kappa shape index (κ2) is 7.73. The Labute approximate surface area is 180 Å². The van der Waals surface area contributed by atoms with E-state index in [2.05, 4.69) is 62.3 Å². The number of aromatic hydroxyl groups is 1. The molecule has 0 saturated carbocycles. The van der Waals surface area contributed by atoms with Gasteiger partial charge in [0.2, 0.25) is 0 Å². The number of amides is 1. The molecule has 0 fully saturated rings. The Kier molecular flexibility index (Phi) is 5.70. The van der Waals surface area contributed by atoms with Crippen LogP contribution in [0.4, 0.5) is 5.69 Å². The van der Waals surface area contributed by atoms with Gasteiger partial charge in [-0.1, -0.05) is 6.92 Å². The lowest BCUT2D eigenvalue weighted by Crippen LogP contribution is -2.45. The number of carbonyl (C=O) groups excluding carboxylic acids is 1. The molecule has 0 spiro atoms. The second-order valence-corrected chi connectivity index (χ2v) is 9.27. The molecule has 0 aliphatic carbocycles. The van der Waals surface area contributed by atoms with Crippen LogP contribution in [0.2, 0.25) is 0 Å². The fourth-order valence-electron chi connectivity index (χ4n) is 3.75. The van der Waals surface area contributed by atoms with E-state index in [1.165, 1.54) is 17.3 Å². The van der Waals surface area contributed by atoms with E-state index in [-0.39, 0.29) is 17.2 Å². The van der Waals surface area contributed by atoms with E-state index >= 15 is 0 Å². The maximum atomic E-state index is 12.2. The van der Waals surface area contributed by atoms with Crippen LogP contribution in [0, 0.1) is 10.5 Å². The maximum absolute atomic E-state index is 12.2. The lowest BCUT2D eigenvalue weighted by atomic mass is 9.79. The molecule has 2 aromatic rings. The van der Waals surface area contributed by atoms with Crippen molar-refractivity contribution in [1.82, 2.24) is 5.43 Å². The van der Waals surface area contributed by atoms with Crippen LogP contribution in [0.25, 0.3) is 0 Å². The van der Waals surface area contributed by atoms with Crippen molar-refractivity contribution in [3.05, 3.63) is 56.2 Å². The van der Waals surface area contributed by atoms with Crippen LogP contribution in [-0.2, 0) is 0 Å². The molecular formula is C22H26IN3O2. The quantitative estimate of drug-likeness (QED) is 0.369. The van der Waals surface area contributed by atoms with E-state index in [0.29, 0.717) is 15.1 Å². The van der Waals surface area contributed by atoms with E-state index < -0.39 is 0 Å². The first-order chi connectivity index (χ1) is 13.1. The Morgan fingerprint density at radius 2 is 2.07 bits per heavy atom. The molecular weight excluding hydrogens is 465 g/mol. The topological polar surface area (TPSA) is 64.9 Å². The van der Waals surface area contributed by atoms with Gasteiger partial charge in [0.25, 0.3) is 5.91 Å². The summed E-state index contributed by atoms with van der Waals surface area (Å²) in [5.41, 5.74) is 7.71. The normalized spacial score (nSPS) is 18.2. The minimum Gasteiger partial charge on any atom is -0.507 e. The Morgan fingerprint density at radius 1 is 1.36 bits per heavy atom. The van der Waals surface area contributed by atoms with Crippen molar-refractivity contribution < 1.29 is 9.90 Å². The summed E-state index contributed by atoms with van der Waals surface area (Å²) < 4.78 is 0.699. The van der Waals surface area contributed by atoms with Crippen molar-refractivity contribution in [2.75, 3.05) is 11.9 Å². The largest absolute Gasteiger partial charge is 0.507 e. The number of hydrogen-bond acceptors (Lipinski definition) is 4. The fraction of sp³-hybridized carbons (Fsp3) is 0.364. The van der Waals surface area contributed by atoms with Gasteiger partial charge in [0.05, 0.1) is 9.78 Å². The first kappa shape index (κ1) is 20.6. The third-order valence-electron chi connectivity index (χ3n) is 5.60. The Bertz CT molecular complexity index is 953. The van der Waals surface area contributed by atoms with Crippen molar-refractivity contribution in [3.63, 3.8) is 0 Å². The molecule has 2 aromatic carbocycles. The van der Waals surface area contributed by atoms with Crippen LogP contribution in [0.15, 0.2) is 35.4 Å². The number of halogens is 1. The summed E-state index contributed by atoms with van der Waals surface area (Å²) in [5, 5.41) is 13.9. The van der Waals surface area contributed by atoms with Gasteiger partial charge in [-0.15, -0.1) is 0 Å². The number of rotatable bonds is 3. The SMILES string of the molecule is Cc1cc2c(cc1/C=N\NC(=O)c1ccc(I)c(O)c1)C(C)CC(C)(C)N2C. The summed E-state index contributed by atoms with van der Waals surface area (Å²) in [5.74, 6) is 0.190. The Balaban J connectivity index is 1.80. The molecule has 1 aliphatic rings. The standard InChI is InChI=1S/C22H26IN3O2/c1-13-8-19-17(14(2)11-22(3,4)26(19)5)9-16(13)12-24-25-21(28)15-6-7-18(23)20(27)10-15/h6-10,12,14,27H,11H2,1-5H3,(H,25,28)/b24-12-. The Hall–Kier alpha value is -2.09. The van der Waals surface area contributed by atoms with Gasteiger partial charge < -0.3 is 10.0 Å². The zero-order chi connectivity index (χ0) is 20.6. The molecule has 1 unspecified atom stereocenters. The highest BCUT2D eigenvalue weighted by Gasteiger charge is 2.34. The monoisotopic (exact) mass is 491 g/mol. The number of nitrogens with zero attached hydrogens (tertiary/aromatic N) is 2. The van der Waals surface area contributed by atoms with Crippen LogP contribution in [0.3, 0.4) is 0 Å². The molecule has 1 atom stereocenters. The van der Waals surface area contributed by atoms with Crippen molar-refractivity contribution in [2.24, 2.45) is 5.10 Å². The zero-order valence-corrected chi connectivity index (χ0v) is 19.0. The third kappa shape index (κ3) is 4.01. The van der Waals surface area contributed by atoms with Gasteiger partial charge in [-0.3, -0.25) is 4.79 Å². The maximum Gasteiger partial charge on any atom is 0.271 e. The van der Waals surface area contributed by atoms with E-state index in [1.54, 1.807) is 18.3 Å². The lowest BCUT2D eigenvalue weighted by molar-refractivity contribution is 0.0954. The van der Waals surface area contributed by atoms with Crippen molar-refractivity contribution in [1.29, 1.82) is 0 Å². The van der Waals surface area contributed by atoms with Gasteiger partial charge in [0.1, 0.15) is 5.75 Å². The summed E-state index contributed by atoms with van der Waals surface area (Å²) in [6.07, 6.45) is 2.77. The van der Waals surface area contributed by atoms with Crippen molar-refractivity contribution in [3.8, 4) is 5.75 Å². The van der Waals surface area contributed by atoms with Crippen LogP contribution in [0.1, 0.15) is 60.2 Å². The summed E-state index contributed by atoms with van der Waals surface area (Å²) in [6, 6.07) is 9.17. The molecule has 0 saturated heterocycles. The minimum absolute atomic E-state index is 0.0868. The molecule has 28 heavy (non-hydrogen) atoms. The lowest BCUT2D eigenvalue weighted by Gasteiger charge is -2.45. The van der Waals surface area contributed by atoms with E-state index in [1.807, 2.05) is 22.6 Å². The number of carbonyl (C=O) groups is 1. The van der Waals surface area contributed by atoms with Crippen LogP contribution >= 0.6 is 22.6 Å². The van der Waals surface area contributed by atoms with E-state index in [0.717, 1.165) is 17.5 Å². The predicted molar refractivity (Wildman–Crippen MR) is 123 cm³/mol. The number of benzene rings is 2. The van der Waals surface area contributed by atoms with Crippen LogP contribution in [-0.4, -0.2) is 29.8 Å². The summed E-state index contributed by atoms with van der Waals surface area (Å²) in [4.78, 5) is 14.6. The number of hydrogen-bond donors (Lipinski definition) is 2. The first-order valence-electron chi connectivity index (χ1n) is 9.30. The molecule has 148 valence electrons. The first-order valence-corrected chi connectivity index (χ1v) is 10.4. The summed E-state index contributed by atoms with van der Waals surface area (Å²) in [7, 11) is 2.15. The molecule has 5 nitrogen and oxygen atoms in total. The minimum atomic E-state index is -0.353. The second-order valence-electron chi connectivity index (χ2n) is 8.11. The van der Waals surface area contributed by atoms with Crippen LogP contribution < -0.4 is 10.3 Å². The Morgan fingerprint density at radius 3 is 2.75 bits per heavy atom. The molecule has 1 heterocycles. The average molecular weight is 491 g/mol. The number of nitrogens with one attached hydrogen (secondary N) is 1. The van der Waals surface area contributed by atoms with Gasteiger partial charge in [0, 0.05) is 23.8 Å². The average Bonchev–Trinajstić information content (AvgIpc) is 2.62. The highest BCUT2D eigenvalue weighted by molar-refractivity contribution is 14.1. The molecule has 3 rings (SSSR count). The number of phenols is 1. The molecule has 6 heteroatoms. The number of phenolic OH excluding ortho intramolecular Hbond substituents is 1. The number of aryl methyl sites for hydroxylation is 1. The molecule has 2 N–H and O–H groups in total. The van der Waals surface area contributed by atoms with Gasteiger partial charge in [0.15, 0.2) is 0 Å². The smallest absolute Gasteiger partial charge is 0.271 e. The van der Waals surface area contributed by atoms with Crippen LogP contribution in [0.5, 0.6) is 5.75 Å². The van der Waals surface area contributed by atoms with Crippen molar-refractivity contribution >= 4 is 40.4 Å². The molecule has 0 bridgehead atoms. The van der Waals surface area contributed by atoms with E-state index in [4.69, 9.17) is 0 Å². The van der Waals surface area contributed by atoms with E-state index in [9.17, 15) is 9.90 Å². The predicted octanol–water partition coefficient (Wildman–Crippen LogP) is 4.79. The third-order valence-corrected chi connectivity index (χ3v) is 6.51. The fourth-order valence-corrected chi connectivity index (χ4v) is 4.09. The van der Waals surface area contributed by atoms with Gasteiger partial charge in [-0.25, -0.2) is 5.43 Å².